The molecule has 0 saturated heterocycles. The molecule has 0 aromatic heterocycles. The molecular formula is C7H2F7N3Se. The first-order chi connectivity index (χ1) is 8.20. The van der Waals surface area contributed by atoms with E-state index in [1.54, 1.807) is 0 Å². The normalized spacial score (nSPS) is 10.4. The number of halogens is 7. The van der Waals surface area contributed by atoms with Gasteiger partial charge in [0.25, 0.3) is 0 Å². The number of hydrogen-bond acceptors (Lipinski definition) is 3. The average molecular weight is 340 g/mol. The zero-order chi connectivity index (χ0) is 14.2. The molecule has 1 rings (SSSR count). The van der Waals surface area contributed by atoms with Crippen molar-refractivity contribution in [3.05, 3.63) is 23.3 Å². The second-order valence-electron chi connectivity index (χ2n) is 2.81. The van der Waals surface area contributed by atoms with Crippen LogP contribution in [0.3, 0.4) is 0 Å². The van der Waals surface area contributed by atoms with Gasteiger partial charge in [0.2, 0.25) is 0 Å². The Morgan fingerprint density at radius 3 is 1.61 bits per heavy atom. The van der Waals surface area contributed by atoms with Crippen LogP contribution >= 0.6 is 0 Å². The van der Waals surface area contributed by atoms with E-state index in [2.05, 4.69) is 5.73 Å². The van der Waals surface area contributed by atoms with E-state index in [9.17, 15) is 31.0 Å². The van der Waals surface area contributed by atoms with Gasteiger partial charge < -0.3 is 0 Å². The summed E-state index contributed by atoms with van der Waals surface area (Å²) in [6.45, 7) is 0. The Hall–Kier alpha value is -1.48. The van der Waals surface area contributed by atoms with Crippen LogP contribution in [0.5, 0.6) is 0 Å². The Kier molecular flexibility index (Phi) is 4.07. The van der Waals surface area contributed by atoms with Crippen LogP contribution in [0.25, 0.3) is 0 Å². The second-order valence-corrected chi connectivity index (χ2v) is 3.58. The van der Waals surface area contributed by atoms with E-state index < -0.39 is 49.8 Å². The van der Waals surface area contributed by atoms with Gasteiger partial charge in [-0.1, -0.05) is 0 Å². The first-order valence-corrected chi connectivity index (χ1v) is 4.78. The van der Waals surface area contributed by atoms with Crippen LogP contribution in [0.2, 0.25) is 0 Å². The Bertz CT molecular complexity index is 477. The minimum atomic E-state index is -2.25. The first-order valence-electron chi connectivity index (χ1n) is 3.93. The molecule has 18 heavy (non-hydrogen) atoms. The predicted octanol–water partition coefficient (Wildman–Crippen LogP) is 1.84. The van der Waals surface area contributed by atoms with Crippen LogP contribution in [0, 0.1) is 23.3 Å². The fourth-order valence-electron chi connectivity index (χ4n) is 0.971. The Morgan fingerprint density at radius 2 is 1.28 bits per heavy atom. The third-order valence-corrected chi connectivity index (χ3v) is 2.41. The summed E-state index contributed by atoms with van der Waals surface area (Å²) < 4.78 is 87.5. The molecule has 0 spiro atoms. The summed E-state index contributed by atoms with van der Waals surface area (Å²) in [5, 5.41) is -3.18. The number of nitrogen functional groups attached to an aromatic ring is 1. The van der Waals surface area contributed by atoms with Crippen molar-refractivity contribution in [2.24, 2.45) is 0 Å². The number of rotatable bonds is 3. The van der Waals surface area contributed by atoms with Gasteiger partial charge in [-0.3, -0.25) is 0 Å². The topological polar surface area (TPSA) is 32.5 Å². The summed E-state index contributed by atoms with van der Waals surface area (Å²) in [5.41, 5.74) is 1.13. The molecule has 0 heterocycles. The van der Waals surface area contributed by atoms with E-state index in [1.807, 2.05) is 0 Å². The Morgan fingerprint density at radius 1 is 0.889 bits per heavy atom. The van der Waals surface area contributed by atoms with E-state index in [-0.39, 0.29) is 0 Å². The third kappa shape index (κ3) is 2.23. The molecule has 2 N–H and O–H groups in total. The van der Waals surface area contributed by atoms with Crippen LogP contribution in [0.1, 0.15) is 0 Å². The first kappa shape index (κ1) is 14.6. The van der Waals surface area contributed by atoms with Crippen molar-refractivity contribution >= 4 is 31.6 Å². The quantitative estimate of drug-likeness (QED) is 0.300. The maximum atomic E-state index is 13.2. The molecule has 0 bridgehead atoms. The molecule has 0 unspecified atom stereocenters. The molecule has 0 fully saturated rings. The number of hydrogen-bond donors (Lipinski definition) is 1. The molecule has 100 valence electrons. The van der Waals surface area contributed by atoms with Gasteiger partial charge in [-0.2, -0.15) is 0 Å². The summed E-state index contributed by atoms with van der Waals surface area (Å²) >= 11 is 1.42. The number of nitrogens with zero attached hydrogens (tertiary/aromatic N) is 2. The van der Waals surface area contributed by atoms with Crippen molar-refractivity contribution in [3.8, 4) is 0 Å². The fraction of sp³-hybridized carbons (Fsp3) is 0. The van der Waals surface area contributed by atoms with Crippen LogP contribution in [0.15, 0.2) is 0 Å². The minimum absolute atomic E-state index is 1.30. The average Bonchev–Trinajstić information content (AvgIpc) is 2.32. The molecule has 1 aromatic rings. The molecule has 0 atom stereocenters. The molecular weight excluding hydrogens is 338 g/mol. The summed E-state index contributed by atoms with van der Waals surface area (Å²) in [5.74, 6) is -8.68. The number of nitrogens with two attached hydrogens (primary N) is 1. The van der Waals surface area contributed by atoms with Gasteiger partial charge in [-0.15, -0.1) is 0 Å². The van der Waals surface area contributed by atoms with Crippen molar-refractivity contribution in [1.82, 2.24) is 5.34 Å². The molecule has 3 nitrogen and oxygen atoms in total. The summed E-state index contributed by atoms with van der Waals surface area (Å²) in [6.07, 6.45) is 0. The molecule has 0 aliphatic carbocycles. The van der Waals surface area contributed by atoms with Gasteiger partial charge in [0.15, 0.2) is 0 Å². The predicted molar refractivity (Wildman–Crippen MR) is 49.1 cm³/mol. The van der Waals surface area contributed by atoms with Crippen LogP contribution in [-0.2, 0) is 0 Å². The van der Waals surface area contributed by atoms with Crippen molar-refractivity contribution < 1.29 is 31.0 Å². The molecule has 0 aliphatic heterocycles. The monoisotopic (exact) mass is 341 g/mol. The summed E-state index contributed by atoms with van der Waals surface area (Å²) in [6, 6.07) is 0. The van der Waals surface area contributed by atoms with E-state index in [4.69, 9.17) is 0 Å². The summed E-state index contributed by atoms with van der Waals surface area (Å²) in [7, 11) is 0. The Balaban J connectivity index is 3.47. The standard InChI is InChI=1S/C7H2F7N3Se/c8-1-3(10)6(4(11)2(9)5(1)15)16(12)7(18)17(13)14/h15H2. The Labute approximate surface area is 103 Å². The fourth-order valence-corrected chi connectivity index (χ4v) is 1.16. The van der Waals surface area contributed by atoms with Crippen molar-refractivity contribution in [1.29, 1.82) is 0 Å². The molecule has 0 radical (unpaired) electrons. The van der Waals surface area contributed by atoms with Gasteiger partial charge in [0.1, 0.15) is 0 Å². The SMILES string of the molecule is Nc1c(F)c(F)c(N(F)C(=[Se])N(F)F)c(F)c1F. The zero-order valence-corrected chi connectivity index (χ0v) is 9.74. The van der Waals surface area contributed by atoms with Gasteiger partial charge in [-0.25, -0.2) is 0 Å². The van der Waals surface area contributed by atoms with Crippen molar-refractivity contribution in [2.45, 2.75) is 0 Å². The van der Waals surface area contributed by atoms with Gasteiger partial charge >= 0.3 is 102 Å². The van der Waals surface area contributed by atoms with E-state index >= 15 is 0 Å². The van der Waals surface area contributed by atoms with E-state index in [0.29, 0.717) is 0 Å². The molecule has 0 amide bonds. The van der Waals surface area contributed by atoms with Gasteiger partial charge in [-0.05, 0) is 0 Å². The third-order valence-electron chi connectivity index (χ3n) is 1.78. The van der Waals surface area contributed by atoms with Crippen LogP contribution in [-0.4, -0.2) is 25.6 Å². The number of benzene rings is 1. The second kappa shape index (κ2) is 5.02. The molecule has 11 heteroatoms. The van der Waals surface area contributed by atoms with Gasteiger partial charge in [0.05, 0.1) is 0 Å². The van der Waals surface area contributed by atoms with Crippen LogP contribution < -0.4 is 10.9 Å². The van der Waals surface area contributed by atoms with Gasteiger partial charge in [0, 0.05) is 0 Å². The summed E-state index contributed by atoms with van der Waals surface area (Å²) in [4.78, 5) is 0. The molecule has 0 aliphatic rings. The van der Waals surface area contributed by atoms with E-state index in [0.717, 1.165) is 0 Å². The number of anilines is 2. The zero-order valence-electron chi connectivity index (χ0n) is 8.03. The molecule has 0 saturated carbocycles. The van der Waals surface area contributed by atoms with Crippen LogP contribution in [0.4, 0.5) is 42.4 Å². The molecule has 1 aromatic carbocycles. The van der Waals surface area contributed by atoms with Crippen molar-refractivity contribution in [2.75, 3.05) is 10.9 Å². The maximum absolute atomic E-state index is 13.2. The van der Waals surface area contributed by atoms with Crippen molar-refractivity contribution in [3.63, 3.8) is 0 Å². The van der Waals surface area contributed by atoms with E-state index in [1.165, 1.54) is 15.6 Å².